The summed E-state index contributed by atoms with van der Waals surface area (Å²) < 4.78 is 40.1. The number of alkyl halides is 3. The van der Waals surface area contributed by atoms with E-state index in [2.05, 4.69) is 15.0 Å². The smallest absolute Gasteiger partial charge is 0.507 e. The van der Waals surface area contributed by atoms with E-state index < -0.39 is 6.36 Å². The monoisotopic (exact) mass is 353 g/mol. The van der Waals surface area contributed by atoms with Crippen LogP contribution < -0.4 is 15.8 Å². The standard InChI is InChI=1S/C17H18F3N3O2/c1-10-7-12(8-11(2)15(10)24)9-22-16(21)23-13-3-5-14(6-4-13)25-17(18,19)20/h3-8,24H,9H2,1-2H3,(H3,21,22,23). The molecule has 0 radical (unpaired) electrons. The lowest BCUT2D eigenvalue weighted by Crippen LogP contribution is -2.22. The van der Waals surface area contributed by atoms with Crippen molar-refractivity contribution in [3.8, 4) is 11.5 Å². The summed E-state index contributed by atoms with van der Waals surface area (Å²) in [7, 11) is 0. The van der Waals surface area contributed by atoms with Gasteiger partial charge in [0.15, 0.2) is 5.96 Å². The van der Waals surface area contributed by atoms with Gasteiger partial charge >= 0.3 is 6.36 Å². The molecule has 2 aromatic carbocycles. The van der Waals surface area contributed by atoms with E-state index in [-0.39, 0.29) is 17.5 Å². The highest BCUT2D eigenvalue weighted by molar-refractivity contribution is 5.92. The maximum absolute atomic E-state index is 12.1. The molecule has 0 amide bonds. The molecular formula is C17H18F3N3O2. The van der Waals surface area contributed by atoms with E-state index >= 15 is 0 Å². The SMILES string of the molecule is Cc1cc(CN=C(N)Nc2ccc(OC(F)(F)F)cc2)cc(C)c1O. The molecular weight excluding hydrogens is 335 g/mol. The number of aromatic hydroxyl groups is 1. The molecule has 0 aliphatic heterocycles. The average Bonchev–Trinajstić information content (AvgIpc) is 2.51. The van der Waals surface area contributed by atoms with Gasteiger partial charge in [-0.05, 0) is 54.8 Å². The Labute approximate surface area is 143 Å². The predicted octanol–water partition coefficient (Wildman–Crippen LogP) is 3.83. The first-order valence-corrected chi connectivity index (χ1v) is 7.36. The van der Waals surface area contributed by atoms with Gasteiger partial charge in [0, 0.05) is 5.69 Å². The van der Waals surface area contributed by atoms with Crippen molar-refractivity contribution in [2.75, 3.05) is 5.32 Å². The van der Waals surface area contributed by atoms with Crippen molar-refractivity contribution in [2.45, 2.75) is 26.8 Å². The van der Waals surface area contributed by atoms with Gasteiger partial charge in [-0.25, -0.2) is 4.99 Å². The molecule has 134 valence electrons. The minimum Gasteiger partial charge on any atom is -0.507 e. The number of anilines is 1. The summed E-state index contributed by atoms with van der Waals surface area (Å²) in [5, 5.41) is 12.5. The number of guanidine groups is 1. The largest absolute Gasteiger partial charge is 0.573 e. The molecule has 0 aliphatic rings. The molecule has 0 atom stereocenters. The number of nitrogens with one attached hydrogen (secondary N) is 1. The van der Waals surface area contributed by atoms with Crippen LogP contribution in [0, 0.1) is 13.8 Å². The molecule has 0 aliphatic carbocycles. The number of phenols is 1. The topological polar surface area (TPSA) is 79.9 Å². The van der Waals surface area contributed by atoms with Crippen LogP contribution in [0.5, 0.6) is 11.5 Å². The molecule has 0 aromatic heterocycles. The number of nitrogens with two attached hydrogens (primary N) is 1. The molecule has 0 unspecified atom stereocenters. The highest BCUT2D eigenvalue weighted by atomic mass is 19.4. The fourth-order valence-electron chi connectivity index (χ4n) is 2.24. The maximum atomic E-state index is 12.1. The Balaban J connectivity index is 1.99. The third-order valence-electron chi connectivity index (χ3n) is 3.34. The molecule has 0 saturated carbocycles. The number of aryl methyl sites for hydroxylation is 2. The van der Waals surface area contributed by atoms with E-state index in [9.17, 15) is 18.3 Å². The van der Waals surface area contributed by atoms with Crippen LogP contribution in [-0.4, -0.2) is 17.4 Å². The van der Waals surface area contributed by atoms with Gasteiger partial charge < -0.3 is 20.9 Å². The van der Waals surface area contributed by atoms with E-state index in [4.69, 9.17) is 5.73 Å². The number of phenolic OH excluding ortho intramolecular Hbond substituents is 1. The normalized spacial score (nSPS) is 12.1. The first-order valence-electron chi connectivity index (χ1n) is 7.36. The fourth-order valence-corrected chi connectivity index (χ4v) is 2.24. The second-order valence-electron chi connectivity index (χ2n) is 5.48. The highest BCUT2D eigenvalue weighted by Crippen LogP contribution is 2.24. The van der Waals surface area contributed by atoms with Crippen LogP contribution in [0.3, 0.4) is 0 Å². The van der Waals surface area contributed by atoms with Gasteiger partial charge in [0.2, 0.25) is 0 Å². The third kappa shape index (κ3) is 5.59. The summed E-state index contributed by atoms with van der Waals surface area (Å²) in [6, 6.07) is 8.77. The van der Waals surface area contributed by atoms with Gasteiger partial charge in [0.05, 0.1) is 6.54 Å². The minimum atomic E-state index is -4.73. The molecule has 0 saturated heterocycles. The zero-order chi connectivity index (χ0) is 18.6. The number of aliphatic imine (C=N–C) groups is 1. The lowest BCUT2D eigenvalue weighted by molar-refractivity contribution is -0.274. The number of halogens is 3. The molecule has 8 heteroatoms. The molecule has 25 heavy (non-hydrogen) atoms. The Morgan fingerprint density at radius 3 is 2.24 bits per heavy atom. The molecule has 0 spiro atoms. The molecule has 0 heterocycles. The zero-order valence-corrected chi connectivity index (χ0v) is 13.7. The molecule has 5 nitrogen and oxygen atoms in total. The molecule has 2 aromatic rings. The second-order valence-corrected chi connectivity index (χ2v) is 5.48. The summed E-state index contributed by atoms with van der Waals surface area (Å²) in [6.45, 7) is 3.89. The summed E-state index contributed by atoms with van der Waals surface area (Å²) in [4.78, 5) is 4.17. The predicted molar refractivity (Wildman–Crippen MR) is 89.7 cm³/mol. The van der Waals surface area contributed by atoms with Crippen molar-refractivity contribution in [3.05, 3.63) is 53.1 Å². The summed E-state index contributed by atoms with van der Waals surface area (Å²) in [5.41, 5.74) is 8.63. The van der Waals surface area contributed by atoms with Crippen LogP contribution in [-0.2, 0) is 6.54 Å². The Bertz CT molecular complexity index is 749. The average molecular weight is 353 g/mol. The van der Waals surface area contributed by atoms with E-state index in [1.165, 1.54) is 24.3 Å². The summed E-state index contributed by atoms with van der Waals surface area (Å²) >= 11 is 0. The lowest BCUT2D eigenvalue weighted by atomic mass is 10.1. The van der Waals surface area contributed by atoms with Crippen LogP contribution in [0.15, 0.2) is 41.4 Å². The van der Waals surface area contributed by atoms with E-state index in [0.717, 1.165) is 16.7 Å². The van der Waals surface area contributed by atoms with Gasteiger partial charge in [0.1, 0.15) is 11.5 Å². The van der Waals surface area contributed by atoms with Crippen molar-refractivity contribution in [1.29, 1.82) is 0 Å². The van der Waals surface area contributed by atoms with Gasteiger partial charge in [-0.1, -0.05) is 12.1 Å². The summed E-state index contributed by atoms with van der Waals surface area (Å²) in [5.74, 6) is 0.0523. The van der Waals surface area contributed by atoms with Crippen molar-refractivity contribution in [3.63, 3.8) is 0 Å². The Hall–Kier alpha value is -2.90. The van der Waals surface area contributed by atoms with Crippen LogP contribution >= 0.6 is 0 Å². The number of ether oxygens (including phenoxy) is 1. The summed E-state index contributed by atoms with van der Waals surface area (Å²) in [6.07, 6.45) is -4.73. The zero-order valence-electron chi connectivity index (χ0n) is 13.7. The van der Waals surface area contributed by atoms with E-state index in [0.29, 0.717) is 12.2 Å². The third-order valence-corrected chi connectivity index (χ3v) is 3.34. The molecule has 0 bridgehead atoms. The number of rotatable bonds is 4. The molecule has 4 N–H and O–H groups in total. The Morgan fingerprint density at radius 2 is 1.72 bits per heavy atom. The maximum Gasteiger partial charge on any atom is 0.573 e. The fraction of sp³-hybridized carbons (Fsp3) is 0.235. The number of hydrogen-bond acceptors (Lipinski definition) is 3. The minimum absolute atomic E-state index is 0.118. The van der Waals surface area contributed by atoms with Crippen molar-refractivity contribution in [2.24, 2.45) is 10.7 Å². The Kier molecular flexibility index (Phi) is 5.41. The number of benzene rings is 2. The number of hydrogen-bond donors (Lipinski definition) is 3. The van der Waals surface area contributed by atoms with Gasteiger partial charge in [-0.3, -0.25) is 0 Å². The van der Waals surface area contributed by atoms with Crippen LogP contribution in [0.2, 0.25) is 0 Å². The second kappa shape index (κ2) is 7.33. The van der Waals surface area contributed by atoms with Crippen molar-refractivity contribution in [1.82, 2.24) is 0 Å². The van der Waals surface area contributed by atoms with E-state index in [1.807, 2.05) is 12.1 Å². The van der Waals surface area contributed by atoms with Crippen molar-refractivity contribution < 1.29 is 23.0 Å². The van der Waals surface area contributed by atoms with Gasteiger partial charge in [-0.2, -0.15) is 0 Å². The van der Waals surface area contributed by atoms with E-state index in [1.54, 1.807) is 13.8 Å². The van der Waals surface area contributed by atoms with Gasteiger partial charge in [0.25, 0.3) is 0 Å². The first kappa shape index (κ1) is 18.4. The van der Waals surface area contributed by atoms with Gasteiger partial charge in [-0.15, -0.1) is 13.2 Å². The quantitative estimate of drug-likeness (QED) is 0.576. The first-order chi connectivity index (χ1) is 11.6. The lowest BCUT2D eigenvalue weighted by Gasteiger charge is -2.10. The number of nitrogens with zero attached hydrogens (tertiary/aromatic N) is 1. The molecule has 0 fully saturated rings. The van der Waals surface area contributed by atoms with Crippen molar-refractivity contribution >= 4 is 11.6 Å². The van der Waals surface area contributed by atoms with Crippen LogP contribution in [0.25, 0.3) is 0 Å². The van der Waals surface area contributed by atoms with Crippen LogP contribution in [0.4, 0.5) is 18.9 Å². The highest BCUT2D eigenvalue weighted by Gasteiger charge is 2.30. The Morgan fingerprint density at radius 1 is 1.16 bits per heavy atom. The molecule has 2 rings (SSSR count). The van der Waals surface area contributed by atoms with Crippen LogP contribution in [0.1, 0.15) is 16.7 Å².